The molecule has 0 fully saturated rings. The number of aromatic amines is 1. The van der Waals surface area contributed by atoms with E-state index in [0.29, 0.717) is 36.1 Å². The minimum Gasteiger partial charge on any atom is -0.477 e. The molecule has 0 radical (unpaired) electrons. The van der Waals surface area contributed by atoms with Crippen molar-refractivity contribution < 1.29 is 4.74 Å². The number of anilines is 2. The van der Waals surface area contributed by atoms with Crippen LogP contribution in [0.1, 0.15) is 51.2 Å². The fourth-order valence-electron chi connectivity index (χ4n) is 3.18. The van der Waals surface area contributed by atoms with Gasteiger partial charge in [-0.3, -0.25) is 5.10 Å². The summed E-state index contributed by atoms with van der Waals surface area (Å²) in [4.78, 5) is 9.19. The fraction of sp³-hybridized carbons (Fsp3) is 0.391. The Hall–Kier alpha value is -3.42. The molecule has 1 atom stereocenters. The van der Waals surface area contributed by atoms with Gasteiger partial charge in [0, 0.05) is 17.9 Å². The smallest absolute Gasteiger partial charge is 0.222 e. The molecule has 0 bridgehead atoms. The second-order valence-corrected chi connectivity index (χ2v) is 7.54. The highest BCUT2D eigenvalue weighted by molar-refractivity contribution is 6.03. The van der Waals surface area contributed by atoms with Crippen LogP contribution in [0, 0.1) is 12.3 Å². The van der Waals surface area contributed by atoms with Crippen LogP contribution in [-0.2, 0) is 6.54 Å². The Morgan fingerprint density at radius 2 is 2.10 bits per heavy atom. The van der Waals surface area contributed by atoms with Gasteiger partial charge < -0.3 is 20.8 Å². The number of aromatic nitrogens is 4. The zero-order valence-electron chi connectivity index (χ0n) is 18.8. The Balaban J connectivity index is 2.10. The van der Waals surface area contributed by atoms with Crippen LogP contribution in [0.15, 0.2) is 30.5 Å². The van der Waals surface area contributed by atoms with Crippen molar-refractivity contribution in [2.24, 2.45) is 0 Å². The van der Waals surface area contributed by atoms with E-state index in [2.05, 4.69) is 39.7 Å². The summed E-state index contributed by atoms with van der Waals surface area (Å²) in [6.45, 7) is 11.0. The topological polar surface area (TPSA) is 112 Å². The molecule has 0 saturated carbocycles. The second-order valence-electron chi connectivity index (χ2n) is 7.54. The quantitative estimate of drug-likeness (QED) is 0.350. The van der Waals surface area contributed by atoms with Gasteiger partial charge in [-0.05, 0) is 58.4 Å². The molecule has 31 heavy (non-hydrogen) atoms. The van der Waals surface area contributed by atoms with E-state index >= 15 is 0 Å². The minimum atomic E-state index is 0.233. The zero-order valence-corrected chi connectivity index (χ0v) is 18.8. The van der Waals surface area contributed by atoms with E-state index in [4.69, 9.17) is 15.1 Å². The van der Waals surface area contributed by atoms with Crippen LogP contribution >= 0.6 is 0 Å². The molecule has 164 valence electrons. The van der Waals surface area contributed by atoms with Gasteiger partial charge in [-0.25, -0.2) is 9.97 Å². The summed E-state index contributed by atoms with van der Waals surface area (Å²) in [6, 6.07) is 8.02. The molecule has 0 aliphatic carbocycles. The van der Waals surface area contributed by atoms with Crippen LogP contribution in [0.3, 0.4) is 0 Å². The third-order valence-electron chi connectivity index (χ3n) is 4.92. The van der Waals surface area contributed by atoms with Gasteiger partial charge >= 0.3 is 0 Å². The summed E-state index contributed by atoms with van der Waals surface area (Å²) >= 11 is 0. The van der Waals surface area contributed by atoms with Gasteiger partial charge in [0.2, 0.25) is 5.88 Å². The van der Waals surface area contributed by atoms with Crippen molar-refractivity contribution in [3.63, 3.8) is 0 Å². The van der Waals surface area contributed by atoms with Crippen molar-refractivity contribution in [2.75, 3.05) is 17.2 Å². The van der Waals surface area contributed by atoms with E-state index in [-0.39, 0.29) is 6.04 Å². The van der Waals surface area contributed by atoms with Crippen molar-refractivity contribution in [1.82, 2.24) is 20.2 Å². The lowest BCUT2D eigenvalue weighted by Gasteiger charge is -2.22. The first-order chi connectivity index (χ1) is 14.9. The maximum Gasteiger partial charge on any atom is 0.222 e. The summed E-state index contributed by atoms with van der Waals surface area (Å²) in [5.41, 5.74) is 6.08. The number of aryl methyl sites for hydroxylation is 1. The normalized spacial score (nSPS) is 11.8. The Morgan fingerprint density at radius 3 is 2.74 bits per heavy atom. The molecule has 0 aromatic carbocycles. The number of nitrogens with one attached hydrogen (secondary N) is 4. The summed E-state index contributed by atoms with van der Waals surface area (Å²) in [5, 5.41) is 22.7. The summed E-state index contributed by atoms with van der Waals surface area (Å²) in [5.74, 6) is 0.530. The zero-order chi connectivity index (χ0) is 22.4. The first-order valence-electron chi connectivity index (χ1n) is 10.6. The summed E-state index contributed by atoms with van der Waals surface area (Å²) < 4.78 is 5.72. The number of H-pyrrole nitrogens is 1. The van der Waals surface area contributed by atoms with Crippen LogP contribution in [0.2, 0.25) is 0 Å². The maximum atomic E-state index is 8.37. The minimum absolute atomic E-state index is 0.233. The predicted molar refractivity (Wildman–Crippen MR) is 125 cm³/mol. The molecular weight excluding hydrogens is 390 g/mol. The first-order valence-corrected chi connectivity index (χ1v) is 10.6. The third kappa shape index (κ3) is 5.39. The highest BCUT2D eigenvalue weighted by Crippen LogP contribution is 2.34. The van der Waals surface area contributed by atoms with E-state index < -0.39 is 0 Å². The van der Waals surface area contributed by atoms with Gasteiger partial charge in [-0.15, -0.1) is 0 Å². The molecule has 0 spiro atoms. The highest BCUT2D eigenvalue weighted by Gasteiger charge is 2.19. The molecule has 3 heterocycles. The van der Waals surface area contributed by atoms with E-state index in [0.717, 1.165) is 34.7 Å². The maximum absolute atomic E-state index is 8.37. The van der Waals surface area contributed by atoms with Crippen molar-refractivity contribution >= 4 is 17.1 Å². The van der Waals surface area contributed by atoms with Gasteiger partial charge in [0.05, 0.1) is 47.2 Å². The van der Waals surface area contributed by atoms with Gasteiger partial charge in [0.15, 0.2) is 0 Å². The molecule has 1 unspecified atom stereocenters. The van der Waals surface area contributed by atoms with Crippen LogP contribution < -0.4 is 15.4 Å². The first kappa shape index (κ1) is 22.3. The number of hydrogen-bond donors (Lipinski definition) is 4. The Bertz CT molecular complexity index is 1040. The van der Waals surface area contributed by atoms with Crippen molar-refractivity contribution in [3.8, 4) is 17.1 Å². The number of rotatable bonds is 10. The van der Waals surface area contributed by atoms with E-state index in [1.165, 1.54) is 0 Å². The lowest BCUT2D eigenvalue weighted by Crippen LogP contribution is -2.19. The van der Waals surface area contributed by atoms with Crippen LogP contribution in [-0.4, -0.2) is 38.5 Å². The van der Waals surface area contributed by atoms with Crippen LogP contribution in [0.4, 0.5) is 11.4 Å². The van der Waals surface area contributed by atoms with Crippen LogP contribution in [0.5, 0.6) is 5.88 Å². The van der Waals surface area contributed by atoms with Crippen LogP contribution in [0.25, 0.3) is 11.3 Å². The number of ether oxygens (including phenoxy) is 1. The van der Waals surface area contributed by atoms with E-state index in [1.54, 1.807) is 13.1 Å². The van der Waals surface area contributed by atoms with E-state index in [1.807, 2.05) is 38.1 Å². The summed E-state index contributed by atoms with van der Waals surface area (Å²) in [7, 11) is 0. The molecule has 3 rings (SSSR count). The lowest BCUT2D eigenvalue weighted by molar-refractivity contribution is 0.328. The largest absolute Gasteiger partial charge is 0.477 e. The second kappa shape index (κ2) is 10.1. The van der Waals surface area contributed by atoms with Crippen molar-refractivity contribution in [2.45, 2.75) is 53.6 Å². The molecule has 0 saturated heterocycles. The average Bonchev–Trinajstić information content (AvgIpc) is 3.18. The van der Waals surface area contributed by atoms with Gasteiger partial charge in [0.25, 0.3) is 0 Å². The molecular formula is C23H31N7O. The predicted octanol–water partition coefficient (Wildman–Crippen LogP) is 4.78. The SMILES string of the molecule is CCOc1ncccc1-c1cc(NCc2cc(C)[nH]n2)c(NC(C)CC)c(C(C)=N)n1. The average molecular weight is 422 g/mol. The molecule has 3 aromatic rings. The lowest BCUT2D eigenvalue weighted by atomic mass is 10.1. The fourth-order valence-corrected chi connectivity index (χ4v) is 3.18. The molecule has 8 nitrogen and oxygen atoms in total. The molecule has 0 aliphatic heterocycles. The number of pyridine rings is 2. The number of nitrogens with zero attached hydrogens (tertiary/aromatic N) is 3. The van der Waals surface area contributed by atoms with Gasteiger partial charge in [-0.1, -0.05) is 6.92 Å². The molecule has 3 aromatic heterocycles. The van der Waals surface area contributed by atoms with Gasteiger partial charge in [-0.2, -0.15) is 5.10 Å². The summed E-state index contributed by atoms with van der Waals surface area (Å²) in [6.07, 6.45) is 2.66. The highest BCUT2D eigenvalue weighted by atomic mass is 16.5. The monoisotopic (exact) mass is 421 g/mol. The number of hydrogen-bond acceptors (Lipinski definition) is 7. The third-order valence-corrected chi connectivity index (χ3v) is 4.92. The molecule has 8 heteroatoms. The Kier molecular flexibility index (Phi) is 7.23. The standard InChI is InChI=1S/C23H31N7O/c1-6-14(3)27-22-20(26-13-17-11-15(4)29-30-17)12-19(28-21(22)16(5)24)18-9-8-10-25-23(18)31-7-2/h8-12,14,24,27H,6-7,13H2,1-5H3,(H,26,28)(H,29,30). The van der Waals surface area contributed by atoms with E-state index in [9.17, 15) is 0 Å². The molecule has 4 N–H and O–H groups in total. The van der Waals surface area contributed by atoms with Crippen molar-refractivity contribution in [3.05, 3.63) is 47.5 Å². The Morgan fingerprint density at radius 1 is 1.29 bits per heavy atom. The molecule has 0 aliphatic rings. The molecule has 0 amide bonds. The Labute approximate surface area is 183 Å². The van der Waals surface area contributed by atoms with Gasteiger partial charge in [0.1, 0.15) is 5.69 Å². The van der Waals surface area contributed by atoms with Crippen molar-refractivity contribution in [1.29, 1.82) is 5.41 Å².